The Morgan fingerprint density at radius 2 is 2.00 bits per heavy atom. The number of rotatable bonds is 2. The van der Waals surface area contributed by atoms with E-state index >= 15 is 0 Å². The van der Waals surface area contributed by atoms with Crippen LogP contribution in [0, 0.1) is 11.6 Å². The van der Waals surface area contributed by atoms with Gasteiger partial charge in [0.15, 0.2) is 11.6 Å². The van der Waals surface area contributed by atoms with Crippen molar-refractivity contribution >= 4 is 11.0 Å². The molecule has 1 aliphatic heterocycles. The van der Waals surface area contributed by atoms with Crippen molar-refractivity contribution in [2.24, 2.45) is 0 Å². The Hall–Kier alpha value is -1.49. The number of aromatic nitrogens is 2. The fourth-order valence-corrected chi connectivity index (χ4v) is 2.93. The molecule has 2 aromatic rings. The first-order valence-electron chi connectivity index (χ1n) is 6.71. The third kappa shape index (κ3) is 1.92. The molecule has 0 saturated carbocycles. The van der Waals surface area contributed by atoms with Crippen molar-refractivity contribution in [2.45, 2.75) is 31.6 Å². The van der Waals surface area contributed by atoms with Gasteiger partial charge < -0.3 is 10.3 Å². The SMILES string of the molecule is CCC1(c2nc3c(F)c(F)ccc3[nH]2)CCNCC1. The van der Waals surface area contributed by atoms with E-state index in [0.29, 0.717) is 5.52 Å². The molecule has 102 valence electrons. The van der Waals surface area contributed by atoms with Crippen LogP contribution >= 0.6 is 0 Å². The molecular formula is C14H17F2N3. The van der Waals surface area contributed by atoms with Gasteiger partial charge in [-0.25, -0.2) is 13.8 Å². The summed E-state index contributed by atoms with van der Waals surface area (Å²) in [5, 5.41) is 3.32. The summed E-state index contributed by atoms with van der Waals surface area (Å²) in [5.41, 5.74) is 0.634. The Kier molecular flexibility index (Phi) is 3.01. The predicted molar refractivity (Wildman–Crippen MR) is 70.1 cm³/mol. The molecular weight excluding hydrogens is 248 g/mol. The average molecular weight is 265 g/mol. The van der Waals surface area contributed by atoms with E-state index in [4.69, 9.17) is 0 Å². The number of hydrogen-bond donors (Lipinski definition) is 2. The first kappa shape index (κ1) is 12.5. The van der Waals surface area contributed by atoms with Gasteiger partial charge in [-0.05, 0) is 44.5 Å². The van der Waals surface area contributed by atoms with Crippen LogP contribution in [0.3, 0.4) is 0 Å². The number of fused-ring (bicyclic) bond motifs is 1. The van der Waals surface area contributed by atoms with Crippen molar-refractivity contribution in [3.63, 3.8) is 0 Å². The van der Waals surface area contributed by atoms with Gasteiger partial charge in [-0.2, -0.15) is 0 Å². The number of halogens is 2. The molecule has 0 radical (unpaired) electrons. The second-order valence-electron chi connectivity index (χ2n) is 5.23. The van der Waals surface area contributed by atoms with Crippen LogP contribution in [-0.2, 0) is 5.41 Å². The Balaban J connectivity index is 2.12. The Morgan fingerprint density at radius 3 is 2.68 bits per heavy atom. The summed E-state index contributed by atoms with van der Waals surface area (Å²) in [7, 11) is 0. The van der Waals surface area contributed by atoms with E-state index in [1.165, 1.54) is 0 Å². The second kappa shape index (κ2) is 4.56. The minimum atomic E-state index is -0.861. The van der Waals surface area contributed by atoms with Gasteiger partial charge in [0.25, 0.3) is 0 Å². The fraction of sp³-hybridized carbons (Fsp3) is 0.500. The highest BCUT2D eigenvalue weighted by molar-refractivity contribution is 5.76. The smallest absolute Gasteiger partial charge is 0.186 e. The molecule has 3 rings (SSSR count). The van der Waals surface area contributed by atoms with Crippen molar-refractivity contribution in [1.82, 2.24) is 15.3 Å². The molecule has 0 bridgehead atoms. The molecule has 1 aromatic carbocycles. The largest absolute Gasteiger partial charge is 0.341 e. The molecule has 1 aromatic heterocycles. The van der Waals surface area contributed by atoms with Gasteiger partial charge in [-0.15, -0.1) is 0 Å². The van der Waals surface area contributed by atoms with E-state index in [9.17, 15) is 8.78 Å². The lowest BCUT2D eigenvalue weighted by molar-refractivity contribution is 0.285. The third-order valence-electron chi connectivity index (χ3n) is 4.29. The van der Waals surface area contributed by atoms with Crippen LogP contribution in [-0.4, -0.2) is 23.1 Å². The van der Waals surface area contributed by atoms with E-state index in [0.717, 1.165) is 44.2 Å². The molecule has 0 aliphatic carbocycles. The summed E-state index contributed by atoms with van der Waals surface area (Å²) in [5.74, 6) is -0.919. The van der Waals surface area contributed by atoms with E-state index < -0.39 is 11.6 Å². The molecule has 5 heteroatoms. The molecule has 0 unspecified atom stereocenters. The molecule has 0 spiro atoms. The van der Waals surface area contributed by atoms with Crippen molar-refractivity contribution in [3.8, 4) is 0 Å². The summed E-state index contributed by atoms with van der Waals surface area (Å²) in [6.07, 6.45) is 2.87. The number of nitrogens with zero attached hydrogens (tertiary/aromatic N) is 1. The summed E-state index contributed by atoms with van der Waals surface area (Å²) in [6.45, 7) is 3.99. The quantitative estimate of drug-likeness (QED) is 0.876. The van der Waals surface area contributed by atoms with Crippen molar-refractivity contribution < 1.29 is 8.78 Å². The van der Waals surface area contributed by atoms with Crippen LogP contribution in [0.4, 0.5) is 8.78 Å². The molecule has 1 fully saturated rings. The molecule has 0 amide bonds. The minimum Gasteiger partial charge on any atom is -0.341 e. The standard InChI is InChI=1S/C14H17F2N3/c1-2-14(5-7-17-8-6-14)13-18-10-4-3-9(15)11(16)12(10)19-13/h3-4,17H,2,5-8H2,1H3,(H,18,19). The second-order valence-corrected chi connectivity index (χ2v) is 5.23. The molecule has 19 heavy (non-hydrogen) atoms. The van der Waals surface area contributed by atoms with Crippen LogP contribution < -0.4 is 5.32 Å². The molecule has 2 heterocycles. The minimum absolute atomic E-state index is 0.0484. The van der Waals surface area contributed by atoms with E-state index in [1.54, 1.807) is 6.07 Å². The molecule has 3 nitrogen and oxygen atoms in total. The molecule has 1 saturated heterocycles. The van der Waals surface area contributed by atoms with Gasteiger partial charge in [-0.1, -0.05) is 6.92 Å². The van der Waals surface area contributed by atoms with Crippen LogP contribution in [0.25, 0.3) is 11.0 Å². The lowest BCUT2D eigenvalue weighted by atomic mass is 9.76. The van der Waals surface area contributed by atoms with Crippen LogP contribution in [0.15, 0.2) is 12.1 Å². The van der Waals surface area contributed by atoms with Gasteiger partial charge in [-0.3, -0.25) is 0 Å². The topological polar surface area (TPSA) is 40.7 Å². The van der Waals surface area contributed by atoms with E-state index in [2.05, 4.69) is 22.2 Å². The molecule has 2 N–H and O–H groups in total. The highest BCUT2D eigenvalue weighted by Gasteiger charge is 2.35. The summed E-state index contributed by atoms with van der Waals surface area (Å²) in [6, 6.07) is 2.69. The zero-order valence-electron chi connectivity index (χ0n) is 10.9. The van der Waals surface area contributed by atoms with Gasteiger partial charge >= 0.3 is 0 Å². The van der Waals surface area contributed by atoms with Crippen LogP contribution in [0.2, 0.25) is 0 Å². The van der Waals surface area contributed by atoms with Crippen LogP contribution in [0.5, 0.6) is 0 Å². The van der Waals surface area contributed by atoms with Crippen molar-refractivity contribution in [3.05, 3.63) is 29.6 Å². The normalized spacial score (nSPS) is 18.9. The van der Waals surface area contributed by atoms with Crippen molar-refractivity contribution in [2.75, 3.05) is 13.1 Å². The summed E-state index contributed by atoms with van der Waals surface area (Å²) >= 11 is 0. The number of nitrogens with one attached hydrogen (secondary N) is 2. The monoisotopic (exact) mass is 265 g/mol. The van der Waals surface area contributed by atoms with Gasteiger partial charge in [0, 0.05) is 5.41 Å². The zero-order valence-corrected chi connectivity index (χ0v) is 10.9. The van der Waals surface area contributed by atoms with Gasteiger partial charge in [0.2, 0.25) is 0 Å². The number of imidazole rings is 1. The fourth-order valence-electron chi connectivity index (χ4n) is 2.93. The van der Waals surface area contributed by atoms with E-state index in [1.807, 2.05) is 0 Å². The third-order valence-corrected chi connectivity index (χ3v) is 4.29. The highest BCUT2D eigenvalue weighted by atomic mass is 19.2. The maximum Gasteiger partial charge on any atom is 0.186 e. The number of aromatic amines is 1. The summed E-state index contributed by atoms with van der Waals surface area (Å²) < 4.78 is 27.0. The number of H-pyrrole nitrogens is 1. The first-order valence-corrected chi connectivity index (χ1v) is 6.71. The maximum atomic E-state index is 13.7. The first-order chi connectivity index (χ1) is 9.16. The van der Waals surface area contributed by atoms with E-state index in [-0.39, 0.29) is 10.9 Å². The number of hydrogen-bond acceptors (Lipinski definition) is 2. The van der Waals surface area contributed by atoms with Crippen molar-refractivity contribution in [1.29, 1.82) is 0 Å². The molecule has 0 atom stereocenters. The number of piperidine rings is 1. The average Bonchev–Trinajstić information content (AvgIpc) is 2.89. The summed E-state index contributed by atoms with van der Waals surface area (Å²) in [4.78, 5) is 7.52. The Morgan fingerprint density at radius 1 is 1.26 bits per heavy atom. The lowest BCUT2D eigenvalue weighted by Gasteiger charge is -2.35. The van der Waals surface area contributed by atoms with Gasteiger partial charge in [0.05, 0.1) is 5.52 Å². The maximum absolute atomic E-state index is 13.7. The zero-order chi connectivity index (χ0) is 13.5. The lowest BCUT2D eigenvalue weighted by Crippen LogP contribution is -2.40. The van der Waals surface area contributed by atoms with Crippen LogP contribution in [0.1, 0.15) is 32.0 Å². The molecule has 1 aliphatic rings. The van der Waals surface area contributed by atoms with Gasteiger partial charge in [0.1, 0.15) is 11.3 Å². The number of benzene rings is 1. The Bertz CT molecular complexity index is 600. The predicted octanol–water partition coefficient (Wildman–Crippen LogP) is 2.87. The Labute approximate surface area is 110 Å². The highest BCUT2D eigenvalue weighted by Crippen LogP contribution is 2.36.